The average Bonchev–Trinajstić information content (AvgIpc) is 1.84. The van der Waals surface area contributed by atoms with Crippen molar-refractivity contribution in [3.05, 3.63) is 0 Å². The largest absolute Gasteiger partial charge is 0.393 e. The number of aliphatic hydroxyl groups is 2. The molecule has 0 fully saturated rings. The molecular weight excluding hydrogens is 118 g/mol. The minimum absolute atomic E-state index is 0.283. The number of hydrogen-bond donors (Lipinski definition) is 2. The van der Waals surface area contributed by atoms with Gasteiger partial charge in [0.1, 0.15) is 0 Å². The Morgan fingerprint density at radius 1 is 1.67 bits per heavy atom. The summed E-state index contributed by atoms with van der Waals surface area (Å²) in [6.45, 7) is 1.22. The average molecular weight is 129 g/mol. The van der Waals surface area contributed by atoms with Gasteiger partial charge in [0.05, 0.1) is 18.3 Å². The normalized spacial score (nSPS) is 16.2. The fraction of sp³-hybridized carbons (Fsp3) is 0.833. The molecule has 1 unspecified atom stereocenters. The molecule has 0 bridgehead atoms. The highest BCUT2D eigenvalue weighted by molar-refractivity contribution is 4.78. The van der Waals surface area contributed by atoms with E-state index < -0.39 is 5.60 Å². The maximum atomic E-state index is 9.05. The topological polar surface area (TPSA) is 64.2 Å². The second kappa shape index (κ2) is 3.44. The van der Waals surface area contributed by atoms with Crippen molar-refractivity contribution < 1.29 is 10.2 Å². The lowest BCUT2D eigenvalue weighted by Gasteiger charge is -2.17. The Balaban J connectivity index is 3.48. The van der Waals surface area contributed by atoms with Crippen LogP contribution in [0.5, 0.6) is 0 Å². The van der Waals surface area contributed by atoms with Gasteiger partial charge in [0.25, 0.3) is 0 Å². The molecule has 0 heterocycles. The van der Waals surface area contributed by atoms with Gasteiger partial charge in [-0.3, -0.25) is 0 Å². The molecule has 0 radical (unpaired) electrons. The third-order valence-electron chi connectivity index (χ3n) is 1.12. The van der Waals surface area contributed by atoms with Gasteiger partial charge in [-0.2, -0.15) is 5.26 Å². The summed E-state index contributed by atoms with van der Waals surface area (Å²) < 4.78 is 0. The second-order valence-electron chi connectivity index (χ2n) is 2.31. The van der Waals surface area contributed by atoms with E-state index in [2.05, 4.69) is 0 Å². The summed E-state index contributed by atoms with van der Waals surface area (Å²) in [6, 6.07) is 1.89. The van der Waals surface area contributed by atoms with E-state index in [1.807, 2.05) is 6.07 Å². The Labute approximate surface area is 54.5 Å². The Morgan fingerprint density at radius 3 is 2.56 bits per heavy atom. The van der Waals surface area contributed by atoms with Crippen LogP contribution in [0.15, 0.2) is 0 Å². The highest BCUT2D eigenvalue weighted by Crippen LogP contribution is 2.09. The third kappa shape index (κ3) is 3.95. The van der Waals surface area contributed by atoms with Gasteiger partial charge < -0.3 is 10.2 Å². The zero-order valence-electron chi connectivity index (χ0n) is 5.46. The van der Waals surface area contributed by atoms with E-state index in [0.717, 1.165) is 0 Å². The maximum Gasteiger partial charge on any atom is 0.0859 e. The lowest BCUT2D eigenvalue weighted by molar-refractivity contribution is -0.00389. The smallest absolute Gasteiger partial charge is 0.0859 e. The first kappa shape index (κ1) is 8.41. The van der Waals surface area contributed by atoms with Crippen LogP contribution in [-0.2, 0) is 0 Å². The molecule has 0 saturated heterocycles. The predicted molar refractivity (Wildman–Crippen MR) is 32.6 cm³/mol. The molecule has 0 aliphatic heterocycles. The summed E-state index contributed by atoms with van der Waals surface area (Å²) in [6.07, 6.45) is 0.619. The molecule has 0 aliphatic rings. The van der Waals surface area contributed by atoms with Crippen LogP contribution in [0.25, 0.3) is 0 Å². The van der Waals surface area contributed by atoms with Crippen molar-refractivity contribution >= 4 is 0 Å². The fourth-order valence-corrected chi connectivity index (χ4v) is 0.404. The quantitative estimate of drug-likeness (QED) is 0.565. The lowest BCUT2D eigenvalue weighted by atomic mass is 10.0. The van der Waals surface area contributed by atoms with Crippen molar-refractivity contribution in [2.45, 2.75) is 25.4 Å². The Hall–Kier alpha value is -0.590. The van der Waals surface area contributed by atoms with Crippen LogP contribution >= 0.6 is 0 Å². The van der Waals surface area contributed by atoms with E-state index >= 15 is 0 Å². The monoisotopic (exact) mass is 129 g/mol. The predicted octanol–water partition coefficient (Wildman–Crippen LogP) is 0.0335. The van der Waals surface area contributed by atoms with Gasteiger partial charge in [-0.15, -0.1) is 0 Å². The number of rotatable bonds is 3. The van der Waals surface area contributed by atoms with Gasteiger partial charge in [0.15, 0.2) is 0 Å². The van der Waals surface area contributed by atoms with E-state index in [0.29, 0.717) is 6.42 Å². The highest BCUT2D eigenvalue weighted by atomic mass is 16.3. The maximum absolute atomic E-state index is 9.05. The molecule has 0 rings (SSSR count). The van der Waals surface area contributed by atoms with E-state index in [4.69, 9.17) is 15.5 Å². The molecule has 1 atom stereocenters. The molecule has 2 N–H and O–H groups in total. The molecule has 0 amide bonds. The van der Waals surface area contributed by atoms with Crippen LogP contribution < -0.4 is 0 Å². The molecule has 52 valence electrons. The third-order valence-corrected chi connectivity index (χ3v) is 1.12. The van der Waals surface area contributed by atoms with Crippen LogP contribution in [0.3, 0.4) is 0 Å². The van der Waals surface area contributed by atoms with E-state index in [9.17, 15) is 0 Å². The summed E-state index contributed by atoms with van der Waals surface area (Å²) in [4.78, 5) is 0. The number of nitrogens with zero attached hydrogens (tertiary/aromatic N) is 1. The van der Waals surface area contributed by atoms with E-state index in [-0.39, 0.29) is 13.0 Å². The molecule has 3 nitrogen and oxygen atoms in total. The van der Waals surface area contributed by atoms with E-state index in [1.54, 1.807) is 0 Å². The van der Waals surface area contributed by atoms with Crippen molar-refractivity contribution in [2.24, 2.45) is 0 Å². The fourth-order valence-electron chi connectivity index (χ4n) is 0.404. The van der Waals surface area contributed by atoms with Gasteiger partial charge in [0, 0.05) is 6.42 Å². The Kier molecular flexibility index (Phi) is 3.21. The molecule has 0 aromatic heterocycles. The summed E-state index contributed by atoms with van der Waals surface area (Å²) in [5.74, 6) is 0. The minimum Gasteiger partial charge on any atom is -0.393 e. The molecular formula is C6H11NO2. The van der Waals surface area contributed by atoms with Crippen LogP contribution in [-0.4, -0.2) is 22.4 Å². The lowest BCUT2D eigenvalue weighted by Crippen LogP contribution is -2.28. The number of hydrogen-bond acceptors (Lipinski definition) is 3. The zero-order valence-corrected chi connectivity index (χ0v) is 5.46. The molecule has 9 heavy (non-hydrogen) atoms. The zero-order chi connectivity index (χ0) is 7.33. The summed E-state index contributed by atoms with van der Waals surface area (Å²) in [7, 11) is 0. The van der Waals surface area contributed by atoms with Gasteiger partial charge in [-0.1, -0.05) is 0 Å². The van der Waals surface area contributed by atoms with Crippen LogP contribution in [0, 0.1) is 11.3 Å². The molecule has 0 saturated carbocycles. The first-order valence-corrected chi connectivity index (χ1v) is 2.82. The van der Waals surface area contributed by atoms with Crippen molar-refractivity contribution in [3.63, 3.8) is 0 Å². The van der Waals surface area contributed by atoms with E-state index in [1.165, 1.54) is 6.92 Å². The Morgan fingerprint density at radius 2 is 2.22 bits per heavy atom. The molecule has 3 heteroatoms. The second-order valence-corrected chi connectivity index (χ2v) is 2.31. The van der Waals surface area contributed by atoms with Crippen LogP contribution in [0.2, 0.25) is 0 Å². The van der Waals surface area contributed by atoms with Gasteiger partial charge in [-0.05, 0) is 13.3 Å². The molecule has 0 aliphatic carbocycles. The highest BCUT2D eigenvalue weighted by Gasteiger charge is 2.17. The number of nitriles is 1. The molecule has 0 aromatic carbocycles. The van der Waals surface area contributed by atoms with Crippen molar-refractivity contribution in [1.82, 2.24) is 0 Å². The van der Waals surface area contributed by atoms with Gasteiger partial charge in [-0.25, -0.2) is 0 Å². The van der Waals surface area contributed by atoms with Crippen molar-refractivity contribution in [3.8, 4) is 6.07 Å². The van der Waals surface area contributed by atoms with Crippen LogP contribution in [0.1, 0.15) is 19.8 Å². The Bertz CT molecular complexity index is 115. The first-order chi connectivity index (χ1) is 4.12. The van der Waals surface area contributed by atoms with Crippen LogP contribution in [0.4, 0.5) is 0 Å². The van der Waals surface area contributed by atoms with Gasteiger partial charge >= 0.3 is 0 Å². The molecule has 0 spiro atoms. The van der Waals surface area contributed by atoms with Crippen molar-refractivity contribution in [1.29, 1.82) is 5.26 Å². The van der Waals surface area contributed by atoms with Gasteiger partial charge in [0.2, 0.25) is 0 Å². The standard InChI is InChI=1S/C6H11NO2/c1-6(9,5-8)3-2-4-7/h8-9H,2-3,5H2,1H3. The SMILES string of the molecule is CC(O)(CO)CCC#N. The number of aliphatic hydroxyl groups excluding tert-OH is 1. The summed E-state index contributed by atoms with van der Waals surface area (Å²) >= 11 is 0. The minimum atomic E-state index is -1.07. The summed E-state index contributed by atoms with van der Waals surface area (Å²) in [5.41, 5.74) is -1.07. The summed E-state index contributed by atoms with van der Waals surface area (Å²) in [5, 5.41) is 25.6. The first-order valence-electron chi connectivity index (χ1n) is 2.82. The van der Waals surface area contributed by atoms with Crippen molar-refractivity contribution in [2.75, 3.05) is 6.61 Å². The molecule has 0 aromatic rings.